The van der Waals surface area contributed by atoms with Crippen molar-refractivity contribution in [3.8, 4) is 22.5 Å². The van der Waals surface area contributed by atoms with Crippen molar-refractivity contribution < 1.29 is 14.3 Å². The summed E-state index contributed by atoms with van der Waals surface area (Å²) in [7, 11) is 0. The third-order valence-corrected chi connectivity index (χ3v) is 3.12. The Bertz CT molecular complexity index is 914. The number of rotatable bonds is 3. The monoisotopic (exact) mass is 299 g/mol. The highest BCUT2D eigenvalue weighted by Crippen LogP contribution is 2.29. The molecule has 22 heavy (non-hydrogen) atoms. The standard InChI is InChI=1S/C15H10FN3O3/c16-11-4-9(3-10(5-11)15(21)22)14-13(18-7-19-14)8-1-2-17-12(20)6-8/h1-7H,(H,17,20)(H,18,19)(H,21,22). The van der Waals surface area contributed by atoms with Gasteiger partial charge in [0.15, 0.2) is 0 Å². The molecule has 0 unspecified atom stereocenters. The molecule has 0 bridgehead atoms. The fourth-order valence-corrected chi connectivity index (χ4v) is 2.18. The van der Waals surface area contributed by atoms with Crippen molar-refractivity contribution in [3.63, 3.8) is 0 Å². The van der Waals surface area contributed by atoms with E-state index in [1.807, 2.05) is 0 Å². The third-order valence-electron chi connectivity index (χ3n) is 3.12. The van der Waals surface area contributed by atoms with Crippen molar-refractivity contribution in [3.05, 3.63) is 64.6 Å². The highest BCUT2D eigenvalue weighted by molar-refractivity contribution is 5.90. The number of hydrogen-bond donors (Lipinski definition) is 3. The van der Waals surface area contributed by atoms with Gasteiger partial charge in [0.05, 0.1) is 23.3 Å². The number of benzene rings is 1. The van der Waals surface area contributed by atoms with Gasteiger partial charge in [-0.3, -0.25) is 4.79 Å². The number of hydrogen-bond acceptors (Lipinski definition) is 3. The van der Waals surface area contributed by atoms with E-state index in [2.05, 4.69) is 15.0 Å². The van der Waals surface area contributed by atoms with Gasteiger partial charge in [0.25, 0.3) is 0 Å². The third kappa shape index (κ3) is 2.51. The number of pyridine rings is 1. The Hall–Kier alpha value is -3.22. The zero-order valence-electron chi connectivity index (χ0n) is 11.1. The highest BCUT2D eigenvalue weighted by atomic mass is 19.1. The molecule has 3 N–H and O–H groups in total. The van der Waals surface area contributed by atoms with Gasteiger partial charge < -0.3 is 15.1 Å². The topological polar surface area (TPSA) is 98.8 Å². The molecule has 6 nitrogen and oxygen atoms in total. The van der Waals surface area contributed by atoms with E-state index in [4.69, 9.17) is 5.11 Å². The van der Waals surface area contributed by atoms with Crippen LogP contribution >= 0.6 is 0 Å². The molecule has 2 heterocycles. The number of aromatic amines is 2. The summed E-state index contributed by atoms with van der Waals surface area (Å²) in [5.74, 6) is -1.90. The van der Waals surface area contributed by atoms with Gasteiger partial charge in [0, 0.05) is 23.4 Å². The first-order chi connectivity index (χ1) is 10.5. The van der Waals surface area contributed by atoms with Gasteiger partial charge in [-0.05, 0) is 24.3 Å². The smallest absolute Gasteiger partial charge is 0.335 e. The normalized spacial score (nSPS) is 10.6. The van der Waals surface area contributed by atoms with E-state index in [1.165, 1.54) is 30.7 Å². The molecular formula is C15H10FN3O3. The molecule has 0 atom stereocenters. The lowest BCUT2D eigenvalue weighted by Gasteiger charge is -2.05. The number of H-pyrrole nitrogens is 2. The molecule has 0 spiro atoms. The zero-order chi connectivity index (χ0) is 15.7. The molecule has 3 rings (SSSR count). The number of carbonyl (C=O) groups is 1. The van der Waals surface area contributed by atoms with Crippen molar-refractivity contribution in [2.75, 3.05) is 0 Å². The van der Waals surface area contributed by atoms with Crippen LogP contribution in [0.4, 0.5) is 4.39 Å². The minimum Gasteiger partial charge on any atom is -0.478 e. The van der Waals surface area contributed by atoms with Crippen LogP contribution in [0.25, 0.3) is 22.5 Å². The van der Waals surface area contributed by atoms with Crippen LogP contribution in [0.5, 0.6) is 0 Å². The summed E-state index contributed by atoms with van der Waals surface area (Å²) in [6.07, 6.45) is 2.88. The first kappa shape index (κ1) is 13.7. The molecule has 7 heteroatoms. The van der Waals surface area contributed by atoms with Crippen molar-refractivity contribution in [1.29, 1.82) is 0 Å². The van der Waals surface area contributed by atoms with Crippen LogP contribution in [0, 0.1) is 5.82 Å². The second-order valence-corrected chi connectivity index (χ2v) is 4.60. The molecule has 3 aromatic rings. The number of imidazole rings is 1. The van der Waals surface area contributed by atoms with Gasteiger partial charge in [-0.15, -0.1) is 0 Å². The molecule has 0 aliphatic rings. The molecule has 0 saturated heterocycles. The first-order valence-corrected chi connectivity index (χ1v) is 6.31. The second kappa shape index (κ2) is 5.28. The highest BCUT2D eigenvalue weighted by Gasteiger charge is 2.14. The van der Waals surface area contributed by atoms with Gasteiger partial charge in [-0.25, -0.2) is 14.2 Å². The van der Waals surface area contributed by atoms with Crippen molar-refractivity contribution >= 4 is 5.97 Å². The van der Waals surface area contributed by atoms with E-state index >= 15 is 0 Å². The number of halogens is 1. The van der Waals surface area contributed by atoms with E-state index in [-0.39, 0.29) is 11.1 Å². The molecule has 2 aromatic heterocycles. The Labute approximate surface area is 123 Å². The van der Waals surface area contributed by atoms with Gasteiger partial charge in [-0.2, -0.15) is 0 Å². The van der Waals surface area contributed by atoms with Crippen LogP contribution < -0.4 is 5.56 Å². The number of aromatic carboxylic acids is 1. The largest absolute Gasteiger partial charge is 0.478 e. The molecule has 0 amide bonds. The van der Waals surface area contributed by atoms with Crippen LogP contribution in [0.2, 0.25) is 0 Å². The first-order valence-electron chi connectivity index (χ1n) is 6.31. The molecular weight excluding hydrogens is 289 g/mol. The lowest BCUT2D eigenvalue weighted by Crippen LogP contribution is -2.02. The fourth-order valence-electron chi connectivity index (χ4n) is 2.18. The van der Waals surface area contributed by atoms with E-state index in [0.717, 1.165) is 6.07 Å². The van der Waals surface area contributed by atoms with Gasteiger partial charge in [-0.1, -0.05) is 0 Å². The summed E-state index contributed by atoms with van der Waals surface area (Å²) in [5.41, 5.74) is 1.30. The molecule has 0 radical (unpaired) electrons. The van der Waals surface area contributed by atoms with Crippen LogP contribution in [0.15, 0.2) is 47.7 Å². The summed E-state index contributed by atoms with van der Waals surface area (Å²) in [6, 6.07) is 6.49. The minimum absolute atomic E-state index is 0.171. The molecule has 0 fully saturated rings. The Balaban J connectivity index is 2.17. The van der Waals surface area contributed by atoms with E-state index in [0.29, 0.717) is 22.5 Å². The number of carboxylic acids is 1. The van der Waals surface area contributed by atoms with E-state index < -0.39 is 11.8 Å². The van der Waals surface area contributed by atoms with Crippen molar-refractivity contribution in [2.24, 2.45) is 0 Å². The fraction of sp³-hybridized carbons (Fsp3) is 0. The number of aromatic nitrogens is 3. The summed E-state index contributed by atoms with van der Waals surface area (Å²) in [6.45, 7) is 0. The van der Waals surface area contributed by atoms with Crippen molar-refractivity contribution in [1.82, 2.24) is 15.0 Å². The predicted octanol–water partition coefficient (Wildman–Crippen LogP) is 2.27. The maximum absolute atomic E-state index is 13.6. The average Bonchev–Trinajstić information content (AvgIpc) is 2.96. The Kier molecular flexibility index (Phi) is 3.30. The Morgan fingerprint density at radius 3 is 2.68 bits per heavy atom. The number of nitrogens with one attached hydrogen (secondary N) is 2. The lowest BCUT2D eigenvalue weighted by atomic mass is 10.0. The summed E-state index contributed by atoms with van der Waals surface area (Å²) >= 11 is 0. The van der Waals surface area contributed by atoms with Gasteiger partial charge in [0.2, 0.25) is 5.56 Å². The quantitative estimate of drug-likeness (QED) is 0.690. The Morgan fingerprint density at radius 1 is 1.14 bits per heavy atom. The molecule has 0 aliphatic carbocycles. The Morgan fingerprint density at radius 2 is 1.95 bits per heavy atom. The molecule has 0 saturated carbocycles. The minimum atomic E-state index is -1.23. The number of carboxylic acid groups (broad SMARTS) is 1. The lowest BCUT2D eigenvalue weighted by molar-refractivity contribution is 0.0696. The van der Waals surface area contributed by atoms with Crippen LogP contribution in [-0.4, -0.2) is 26.0 Å². The summed E-state index contributed by atoms with van der Waals surface area (Å²) in [5, 5.41) is 9.01. The van der Waals surface area contributed by atoms with E-state index in [9.17, 15) is 14.0 Å². The van der Waals surface area contributed by atoms with Crippen LogP contribution in [0.3, 0.4) is 0 Å². The van der Waals surface area contributed by atoms with Gasteiger partial charge in [0.1, 0.15) is 5.82 Å². The average molecular weight is 299 g/mol. The zero-order valence-corrected chi connectivity index (χ0v) is 11.1. The number of nitrogens with zero attached hydrogens (tertiary/aromatic N) is 1. The van der Waals surface area contributed by atoms with Gasteiger partial charge >= 0.3 is 5.97 Å². The maximum Gasteiger partial charge on any atom is 0.335 e. The molecule has 1 aromatic carbocycles. The molecule has 0 aliphatic heterocycles. The van der Waals surface area contributed by atoms with Crippen molar-refractivity contribution in [2.45, 2.75) is 0 Å². The van der Waals surface area contributed by atoms with Crippen LogP contribution in [-0.2, 0) is 0 Å². The SMILES string of the molecule is O=C(O)c1cc(F)cc(-c2nc[nH]c2-c2cc[nH]c(=O)c2)c1. The molecule has 110 valence electrons. The maximum atomic E-state index is 13.6. The summed E-state index contributed by atoms with van der Waals surface area (Å²) in [4.78, 5) is 31.9. The second-order valence-electron chi connectivity index (χ2n) is 4.60. The van der Waals surface area contributed by atoms with Crippen LogP contribution in [0.1, 0.15) is 10.4 Å². The van der Waals surface area contributed by atoms with E-state index in [1.54, 1.807) is 6.07 Å². The summed E-state index contributed by atoms with van der Waals surface area (Å²) < 4.78 is 13.6. The predicted molar refractivity (Wildman–Crippen MR) is 77.0 cm³/mol.